The smallest absolute Gasteiger partial charge is 0.265 e. The number of nitrogens with one attached hydrogen (secondary N) is 2. The molecule has 2 aliphatic heterocycles. The Morgan fingerprint density at radius 3 is 2.86 bits per heavy atom. The van der Waals surface area contributed by atoms with E-state index in [1.165, 1.54) is 16.7 Å². The maximum absolute atomic E-state index is 4.41. The Hall–Kier alpha value is -1.94. The molecule has 4 heteroatoms. The first-order valence-electron chi connectivity index (χ1n) is 7.02. The molecular weight excluding hydrogens is 326 g/mol. The standard InChI is InChI=1S/C17H14BrN3/c1-10-15-16(11-5-3-2-4-6-11)13-9-12(18)7-8-14(13)19-17(15)21-20-10/h2-9,14-15H,1H3,(H,19,21)/p+1/t14-,15-/m1/s1. The summed E-state index contributed by atoms with van der Waals surface area (Å²) in [7, 11) is 0. The van der Waals surface area contributed by atoms with Gasteiger partial charge in [0.15, 0.2) is 0 Å². The van der Waals surface area contributed by atoms with E-state index in [0.717, 1.165) is 16.0 Å². The zero-order valence-corrected chi connectivity index (χ0v) is 13.2. The van der Waals surface area contributed by atoms with Crippen LogP contribution in [0.15, 0.2) is 63.7 Å². The number of rotatable bonds is 1. The normalized spacial score (nSPS) is 26.5. The van der Waals surface area contributed by atoms with Crippen molar-refractivity contribution in [2.75, 3.05) is 0 Å². The fourth-order valence-corrected chi connectivity index (χ4v) is 3.59. The molecule has 3 aliphatic rings. The molecule has 0 aromatic heterocycles. The van der Waals surface area contributed by atoms with Gasteiger partial charge < -0.3 is 0 Å². The zero-order valence-electron chi connectivity index (χ0n) is 11.6. The van der Waals surface area contributed by atoms with Crippen molar-refractivity contribution in [2.45, 2.75) is 13.0 Å². The van der Waals surface area contributed by atoms with Gasteiger partial charge in [0.25, 0.3) is 5.84 Å². The van der Waals surface area contributed by atoms with E-state index in [1.807, 2.05) is 0 Å². The maximum Gasteiger partial charge on any atom is 0.282 e. The first-order valence-corrected chi connectivity index (χ1v) is 7.82. The molecule has 104 valence electrons. The van der Waals surface area contributed by atoms with Crippen molar-refractivity contribution in [1.82, 2.24) is 5.43 Å². The third-order valence-electron chi connectivity index (χ3n) is 4.13. The minimum Gasteiger partial charge on any atom is -0.265 e. The number of amidine groups is 1. The van der Waals surface area contributed by atoms with Gasteiger partial charge in [0.1, 0.15) is 12.0 Å². The first kappa shape index (κ1) is 12.8. The van der Waals surface area contributed by atoms with Crippen LogP contribution in [0.2, 0.25) is 0 Å². The highest BCUT2D eigenvalue weighted by molar-refractivity contribution is 9.11. The Morgan fingerprint density at radius 1 is 1.24 bits per heavy atom. The quantitative estimate of drug-likeness (QED) is 0.803. The molecule has 2 N–H and O–H groups in total. The molecule has 4 rings (SSSR count). The Morgan fingerprint density at radius 2 is 2.05 bits per heavy atom. The largest absolute Gasteiger partial charge is 0.282 e. The molecule has 2 heterocycles. The van der Waals surface area contributed by atoms with E-state index in [1.54, 1.807) is 0 Å². The van der Waals surface area contributed by atoms with Crippen LogP contribution in [0.25, 0.3) is 5.57 Å². The van der Waals surface area contributed by atoms with E-state index in [-0.39, 0.29) is 12.0 Å². The summed E-state index contributed by atoms with van der Waals surface area (Å²) >= 11 is 3.60. The van der Waals surface area contributed by atoms with Crippen molar-refractivity contribution in [3.63, 3.8) is 0 Å². The minimum atomic E-state index is 0.196. The molecule has 3 nitrogen and oxygen atoms in total. The fourth-order valence-electron chi connectivity index (χ4n) is 3.19. The summed E-state index contributed by atoms with van der Waals surface area (Å²) in [5.41, 5.74) is 8.14. The molecule has 2 atom stereocenters. The Bertz CT molecular complexity index is 753. The molecule has 1 aromatic rings. The summed E-state index contributed by atoms with van der Waals surface area (Å²) < 4.78 is 1.10. The lowest BCUT2D eigenvalue weighted by Gasteiger charge is -2.26. The molecule has 0 spiro atoms. The highest BCUT2D eigenvalue weighted by Crippen LogP contribution is 2.35. The summed E-state index contributed by atoms with van der Waals surface area (Å²) in [5, 5.41) is 4.41. The highest BCUT2D eigenvalue weighted by Gasteiger charge is 2.41. The summed E-state index contributed by atoms with van der Waals surface area (Å²) in [6.45, 7) is 2.08. The van der Waals surface area contributed by atoms with Crippen molar-refractivity contribution in [3.05, 3.63) is 64.2 Å². The van der Waals surface area contributed by atoms with Gasteiger partial charge in [-0.3, -0.25) is 4.99 Å². The van der Waals surface area contributed by atoms with Crippen molar-refractivity contribution < 1.29 is 4.99 Å². The SMILES string of the molecule is CC1=NNC2=[NH+][C@@H]3C=CC(Br)=CC3=C(c3ccccc3)[C@@H]12. The van der Waals surface area contributed by atoms with Gasteiger partial charge >= 0.3 is 0 Å². The van der Waals surface area contributed by atoms with Crippen LogP contribution in [0.4, 0.5) is 0 Å². The van der Waals surface area contributed by atoms with E-state index >= 15 is 0 Å². The van der Waals surface area contributed by atoms with Gasteiger partial charge in [-0.05, 0) is 36.3 Å². The predicted octanol–water partition coefficient (Wildman–Crippen LogP) is 1.75. The Kier molecular flexibility index (Phi) is 2.93. The molecule has 21 heavy (non-hydrogen) atoms. The summed E-state index contributed by atoms with van der Waals surface area (Å²) in [5.74, 6) is 1.28. The molecule has 0 unspecified atom stereocenters. The van der Waals surface area contributed by atoms with Crippen LogP contribution < -0.4 is 10.4 Å². The summed E-state index contributed by atoms with van der Waals surface area (Å²) in [6, 6.07) is 10.8. The van der Waals surface area contributed by atoms with Crippen molar-refractivity contribution >= 4 is 33.1 Å². The van der Waals surface area contributed by atoms with Gasteiger partial charge in [0.05, 0.1) is 5.71 Å². The van der Waals surface area contributed by atoms with Gasteiger partial charge in [0, 0.05) is 10.1 Å². The van der Waals surface area contributed by atoms with Crippen LogP contribution in [0.1, 0.15) is 12.5 Å². The van der Waals surface area contributed by atoms with E-state index in [9.17, 15) is 0 Å². The number of fused-ring (bicyclic) bond motifs is 2. The van der Waals surface area contributed by atoms with Crippen LogP contribution in [-0.2, 0) is 0 Å². The lowest BCUT2D eigenvalue weighted by molar-refractivity contribution is -0.482. The highest BCUT2D eigenvalue weighted by atomic mass is 79.9. The van der Waals surface area contributed by atoms with Crippen LogP contribution in [0.3, 0.4) is 0 Å². The average molecular weight is 341 g/mol. The van der Waals surface area contributed by atoms with E-state index in [0.29, 0.717) is 0 Å². The lowest BCUT2D eigenvalue weighted by atomic mass is 9.80. The lowest BCUT2D eigenvalue weighted by Crippen LogP contribution is -2.84. The van der Waals surface area contributed by atoms with Crippen molar-refractivity contribution in [2.24, 2.45) is 11.0 Å². The second-order valence-corrected chi connectivity index (χ2v) is 6.37. The van der Waals surface area contributed by atoms with Crippen LogP contribution in [-0.4, -0.2) is 17.6 Å². The molecule has 0 fully saturated rings. The molecule has 1 aromatic carbocycles. The topological polar surface area (TPSA) is 38.4 Å². The van der Waals surface area contributed by atoms with E-state index in [2.05, 4.69) is 86.9 Å². The average Bonchev–Trinajstić information content (AvgIpc) is 2.87. The number of nitrogens with zero attached hydrogens (tertiary/aromatic N) is 1. The number of benzene rings is 1. The van der Waals surface area contributed by atoms with Crippen LogP contribution in [0, 0.1) is 5.92 Å². The Balaban J connectivity index is 1.96. The Labute approximate surface area is 132 Å². The number of hydrazone groups is 1. The van der Waals surface area contributed by atoms with Gasteiger partial charge in [-0.2, -0.15) is 5.43 Å². The summed E-state index contributed by atoms with van der Waals surface area (Å²) in [6.07, 6.45) is 6.48. The van der Waals surface area contributed by atoms with E-state index in [4.69, 9.17) is 0 Å². The van der Waals surface area contributed by atoms with Gasteiger partial charge in [-0.25, -0.2) is 0 Å². The first-order chi connectivity index (χ1) is 10.2. The third kappa shape index (κ3) is 2.02. The fraction of sp³-hybridized carbons (Fsp3) is 0.176. The van der Waals surface area contributed by atoms with Crippen molar-refractivity contribution in [1.29, 1.82) is 0 Å². The molecule has 0 amide bonds. The number of halogens is 1. The number of allylic oxidation sites excluding steroid dienone is 2. The molecule has 0 radical (unpaired) electrons. The summed E-state index contributed by atoms with van der Waals surface area (Å²) in [4.78, 5) is 3.55. The van der Waals surface area contributed by atoms with Gasteiger partial charge in [0.2, 0.25) is 0 Å². The van der Waals surface area contributed by atoms with Gasteiger partial charge in [-0.15, -0.1) is 0 Å². The van der Waals surface area contributed by atoms with Crippen molar-refractivity contribution in [3.8, 4) is 0 Å². The van der Waals surface area contributed by atoms with E-state index < -0.39 is 0 Å². The zero-order chi connectivity index (χ0) is 14.4. The molecule has 0 bridgehead atoms. The molecule has 0 saturated heterocycles. The molecule has 1 aliphatic carbocycles. The maximum atomic E-state index is 4.41. The third-order valence-corrected chi connectivity index (χ3v) is 4.62. The van der Waals surface area contributed by atoms with Crippen LogP contribution in [0.5, 0.6) is 0 Å². The number of hydrogen-bond donors (Lipinski definition) is 2. The minimum absolute atomic E-state index is 0.196. The predicted molar refractivity (Wildman–Crippen MR) is 89.0 cm³/mol. The second kappa shape index (κ2) is 4.81. The molecular formula is C17H15BrN3+. The second-order valence-electron chi connectivity index (χ2n) is 5.46. The monoisotopic (exact) mass is 340 g/mol. The van der Waals surface area contributed by atoms with Crippen LogP contribution >= 0.6 is 15.9 Å². The molecule has 0 saturated carbocycles. The number of hydrogen-bond acceptors (Lipinski definition) is 2. The van der Waals surface area contributed by atoms with Gasteiger partial charge in [-0.1, -0.05) is 51.4 Å².